The van der Waals surface area contributed by atoms with E-state index in [0.29, 0.717) is 16.9 Å². The third-order valence-corrected chi connectivity index (χ3v) is 7.11. The van der Waals surface area contributed by atoms with Gasteiger partial charge in [0.25, 0.3) is 0 Å². The molecule has 0 amide bonds. The van der Waals surface area contributed by atoms with Crippen LogP contribution in [-0.4, -0.2) is 38.9 Å². The molecule has 0 spiro atoms. The lowest BCUT2D eigenvalue weighted by Crippen LogP contribution is -2.35. The average Bonchev–Trinajstić information content (AvgIpc) is 2.81. The predicted octanol–water partition coefficient (Wildman–Crippen LogP) is 2.47. The van der Waals surface area contributed by atoms with Gasteiger partial charge in [-0.05, 0) is 34.8 Å². The van der Waals surface area contributed by atoms with Gasteiger partial charge in [-0.1, -0.05) is 6.42 Å². The number of piperidine rings is 1. The maximum absolute atomic E-state index is 12.5. The molecule has 1 aromatic heterocycles. The standard InChI is InChI=1S/C11H14BrNO4S2/c1-17-11(14)8-7-9(10(12)18-8)19(15,16)13-5-3-2-4-6-13/h7H,2-6H2,1H3. The second-order valence-corrected chi connectivity index (χ2v) is 8.48. The van der Waals surface area contributed by atoms with Gasteiger partial charge in [0, 0.05) is 13.1 Å². The predicted molar refractivity (Wildman–Crippen MR) is 76.0 cm³/mol. The topological polar surface area (TPSA) is 63.7 Å². The van der Waals surface area contributed by atoms with Crippen LogP contribution in [0, 0.1) is 0 Å². The first kappa shape index (κ1) is 15.0. The number of rotatable bonds is 3. The first-order valence-corrected chi connectivity index (χ1v) is 8.89. The van der Waals surface area contributed by atoms with Crippen molar-refractivity contribution in [3.05, 3.63) is 14.7 Å². The number of carbonyl (C=O) groups is 1. The Morgan fingerprint density at radius 2 is 2.00 bits per heavy atom. The molecule has 0 aliphatic carbocycles. The third-order valence-electron chi connectivity index (χ3n) is 2.97. The van der Waals surface area contributed by atoms with Crippen LogP contribution in [0.15, 0.2) is 14.7 Å². The van der Waals surface area contributed by atoms with Gasteiger partial charge in [-0.15, -0.1) is 11.3 Å². The van der Waals surface area contributed by atoms with Gasteiger partial charge in [-0.3, -0.25) is 0 Å². The molecule has 5 nitrogen and oxygen atoms in total. The van der Waals surface area contributed by atoms with Crippen LogP contribution in [0.5, 0.6) is 0 Å². The summed E-state index contributed by atoms with van der Waals surface area (Å²) in [7, 11) is -2.25. The Kier molecular flexibility index (Phi) is 4.65. The highest BCUT2D eigenvalue weighted by atomic mass is 79.9. The number of carbonyl (C=O) groups excluding carboxylic acids is 1. The fourth-order valence-corrected chi connectivity index (χ4v) is 5.92. The van der Waals surface area contributed by atoms with Gasteiger partial charge in [-0.25, -0.2) is 13.2 Å². The van der Waals surface area contributed by atoms with Crippen LogP contribution in [-0.2, 0) is 14.8 Å². The number of hydrogen-bond acceptors (Lipinski definition) is 5. The number of halogens is 1. The zero-order valence-electron chi connectivity index (χ0n) is 10.4. The molecule has 0 aromatic carbocycles. The molecule has 1 fully saturated rings. The quantitative estimate of drug-likeness (QED) is 0.769. The van der Waals surface area contributed by atoms with Crippen LogP contribution in [0.25, 0.3) is 0 Å². The summed E-state index contributed by atoms with van der Waals surface area (Å²) >= 11 is 4.30. The Morgan fingerprint density at radius 3 is 2.58 bits per heavy atom. The highest BCUT2D eigenvalue weighted by Crippen LogP contribution is 2.34. The largest absolute Gasteiger partial charge is 0.465 e. The lowest BCUT2D eigenvalue weighted by atomic mass is 10.2. The van der Waals surface area contributed by atoms with Crippen LogP contribution >= 0.6 is 27.3 Å². The van der Waals surface area contributed by atoms with Gasteiger partial charge in [0.15, 0.2) is 0 Å². The van der Waals surface area contributed by atoms with Crippen molar-refractivity contribution in [2.45, 2.75) is 24.2 Å². The Hall–Kier alpha value is -0.440. The first-order chi connectivity index (χ1) is 8.96. The molecule has 1 aliphatic rings. The molecule has 1 aliphatic heterocycles. The number of sulfonamides is 1. The second kappa shape index (κ2) is 5.90. The van der Waals surface area contributed by atoms with E-state index in [2.05, 4.69) is 20.7 Å². The van der Waals surface area contributed by atoms with Gasteiger partial charge in [-0.2, -0.15) is 4.31 Å². The lowest BCUT2D eigenvalue weighted by molar-refractivity contribution is 0.0606. The molecule has 106 valence electrons. The van der Waals surface area contributed by atoms with Crippen molar-refractivity contribution in [2.24, 2.45) is 0 Å². The molecule has 0 unspecified atom stereocenters. The second-order valence-electron chi connectivity index (χ2n) is 4.20. The van der Waals surface area contributed by atoms with Gasteiger partial charge in [0.2, 0.25) is 10.0 Å². The minimum absolute atomic E-state index is 0.153. The molecule has 2 rings (SSSR count). The molecule has 8 heteroatoms. The summed E-state index contributed by atoms with van der Waals surface area (Å²) in [6, 6.07) is 1.38. The minimum Gasteiger partial charge on any atom is -0.465 e. The van der Waals surface area contributed by atoms with E-state index in [1.165, 1.54) is 17.5 Å². The fraction of sp³-hybridized carbons (Fsp3) is 0.545. The van der Waals surface area contributed by atoms with E-state index in [1.54, 1.807) is 0 Å². The molecule has 0 saturated carbocycles. The average molecular weight is 368 g/mol. The van der Waals surface area contributed by atoms with Gasteiger partial charge in [0.1, 0.15) is 9.77 Å². The molecular formula is C11H14BrNO4S2. The summed E-state index contributed by atoms with van der Waals surface area (Å²) in [4.78, 5) is 11.9. The normalized spacial score (nSPS) is 17.4. The number of esters is 1. The van der Waals surface area contributed by atoms with Crippen LogP contribution in [0.3, 0.4) is 0 Å². The summed E-state index contributed by atoms with van der Waals surface area (Å²) in [5, 5.41) is 0. The zero-order chi connectivity index (χ0) is 14.0. The summed E-state index contributed by atoms with van der Waals surface area (Å²) < 4.78 is 31.5. The van der Waals surface area contributed by atoms with E-state index >= 15 is 0 Å². The van der Waals surface area contributed by atoms with Crippen molar-refractivity contribution >= 4 is 43.3 Å². The van der Waals surface area contributed by atoms with E-state index in [9.17, 15) is 13.2 Å². The van der Waals surface area contributed by atoms with E-state index < -0.39 is 16.0 Å². The van der Waals surface area contributed by atoms with E-state index in [-0.39, 0.29) is 9.77 Å². The smallest absolute Gasteiger partial charge is 0.348 e. The van der Waals surface area contributed by atoms with E-state index in [1.807, 2.05) is 0 Å². The summed E-state index contributed by atoms with van der Waals surface area (Å²) in [5.41, 5.74) is 0. The van der Waals surface area contributed by atoms with Crippen molar-refractivity contribution in [3.8, 4) is 0 Å². The Balaban J connectivity index is 2.34. The molecular weight excluding hydrogens is 354 g/mol. The molecule has 0 bridgehead atoms. The van der Waals surface area contributed by atoms with Crippen molar-refractivity contribution < 1.29 is 17.9 Å². The maximum atomic E-state index is 12.5. The Bertz CT molecular complexity index is 576. The van der Waals surface area contributed by atoms with Crippen molar-refractivity contribution in [3.63, 3.8) is 0 Å². The Labute approximate surface area is 124 Å². The molecule has 19 heavy (non-hydrogen) atoms. The van der Waals surface area contributed by atoms with Crippen molar-refractivity contribution in [1.29, 1.82) is 0 Å². The van der Waals surface area contributed by atoms with Crippen LogP contribution < -0.4 is 0 Å². The van der Waals surface area contributed by atoms with Crippen LogP contribution in [0.4, 0.5) is 0 Å². The highest BCUT2D eigenvalue weighted by molar-refractivity contribution is 9.11. The number of thiophene rings is 1. The third kappa shape index (κ3) is 3.01. The minimum atomic E-state index is -3.52. The summed E-state index contributed by atoms with van der Waals surface area (Å²) in [6.45, 7) is 1.08. The SMILES string of the molecule is COC(=O)c1cc(S(=O)(=O)N2CCCCC2)c(Br)s1. The van der Waals surface area contributed by atoms with Crippen molar-refractivity contribution in [2.75, 3.05) is 20.2 Å². The van der Waals surface area contributed by atoms with Crippen LogP contribution in [0.1, 0.15) is 28.9 Å². The summed E-state index contributed by atoms with van der Waals surface area (Å²) in [5.74, 6) is -0.522. The van der Waals surface area contributed by atoms with Crippen LogP contribution in [0.2, 0.25) is 0 Å². The molecule has 1 saturated heterocycles. The molecule has 0 radical (unpaired) electrons. The molecule has 1 aromatic rings. The highest BCUT2D eigenvalue weighted by Gasteiger charge is 2.30. The summed E-state index contributed by atoms with van der Waals surface area (Å²) in [6.07, 6.45) is 2.82. The fourth-order valence-electron chi connectivity index (χ4n) is 1.97. The van der Waals surface area contributed by atoms with Gasteiger partial charge >= 0.3 is 5.97 Å². The van der Waals surface area contributed by atoms with Gasteiger partial charge in [0.05, 0.1) is 10.9 Å². The molecule has 2 heterocycles. The molecule has 0 N–H and O–H groups in total. The number of ether oxygens (including phenoxy) is 1. The number of methoxy groups -OCH3 is 1. The number of hydrogen-bond donors (Lipinski definition) is 0. The number of nitrogens with zero attached hydrogens (tertiary/aromatic N) is 1. The van der Waals surface area contributed by atoms with Gasteiger partial charge < -0.3 is 4.74 Å². The van der Waals surface area contributed by atoms with Crippen molar-refractivity contribution in [1.82, 2.24) is 4.31 Å². The first-order valence-electron chi connectivity index (χ1n) is 5.84. The van der Waals surface area contributed by atoms with E-state index in [4.69, 9.17) is 0 Å². The zero-order valence-corrected chi connectivity index (χ0v) is 13.6. The Morgan fingerprint density at radius 1 is 1.37 bits per heavy atom. The van der Waals surface area contributed by atoms with E-state index in [0.717, 1.165) is 30.6 Å². The molecule has 0 atom stereocenters. The maximum Gasteiger partial charge on any atom is 0.348 e. The monoisotopic (exact) mass is 367 g/mol. The lowest BCUT2D eigenvalue weighted by Gasteiger charge is -2.25.